The SMILES string of the molecule is CCNC(=NCCCN1C(=O)C2C3C=CC(C3)C2C1=O)NC1CC(C)(OC)C1(C)C.I. The van der Waals surface area contributed by atoms with Crippen molar-refractivity contribution < 1.29 is 14.3 Å². The second kappa shape index (κ2) is 9.00. The average Bonchev–Trinajstić information content (AvgIpc) is 3.39. The number of amides is 2. The lowest BCUT2D eigenvalue weighted by atomic mass is 9.56. The quantitative estimate of drug-likeness (QED) is 0.129. The fraction of sp³-hybridized carbons (Fsp3) is 0.783. The number of ether oxygens (including phenoxy) is 1. The first-order valence-electron chi connectivity index (χ1n) is 11.4. The molecular formula is C23H37IN4O3. The third kappa shape index (κ3) is 3.92. The van der Waals surface area contributed by atoms with Crippen molar-refractivity contribution in [1.29, 1.82) is 0 Å². The van der Waals surface area contributed by atoms with E-state index < -0.39 is 0 Å². The second-order valence-corrected chi connectivity index (χ2v) is 10.00. The van der Waals surface area contributed by atoms with Crippen LogP contribution < -0.4 is 10.6 Å². The Kier molecular flexibility index (Phi) is 7.11. The first-order valence-corrected chi connectivity index (χ1v) is 11.4. The summed E-state index contributed by atoms with van der Waals surface area (Å²) in [6, 6.07) is 0.282. The summed E-state index contributed by atoms with van der Waals surface area (Å²) < 4.78 is 5.71. The van der Waals surface area contributed by atoms with Gasteiger partial charge in [0.1, 0.15) is 0 Å². The Hall–Kier alpha value is -1.16. The molecule has 6 atom stereocenters. The van der Waals surface area contributed by atoms with Crippen LogP contribution in [0.5, 0.6) is 0 Å². The molecule has 3 fully saturated rings. The third-order valence-corrected chi connectivity index (χ3v) is 8.30. The topological polar surface area (TPSA) is 83.0 Å². The average molecular weight is 544 g/mol. The molecule has 0 radical (unpaired) electrons. The Bertz CT molecular complexity index is 753. The molecule has 174 valence electrons. The zero-order valence-corrected chi connectivity index (χ0v) is 21.6. The van der Waals surface area contributed by atoms with E-state index in [1.165, 1.54) is 4.90 Å². The largest absolute Gasteiger partial charge is 0.378 e. The normalized spacial score (nSPS) is 37.5. The summed E-state index contributed by atoms with van der Waals surface area (Å²) in [7, 11) is 1.77. The molecule has 2 N–H and O–H groups in total. The monoisotopic (exact) mass is 544 g/mol. The van der Waals surface area contributed by atoms with Crippen molar-refractivity contribution >= 4 is 41.8 Å². The molecule has 31 heavy (non-hydrogen) atoms. The first kappa shape index (κ1) is 24.5. The van der Waals surface area contributed by atoms with Crippen LogP contribution in [0.2, 0.25) is 0 Å². The van der Waals surface area contributed by atoms with Crippen molar-refractivity contribution in [1.82, 2.24) is 15.5 Å². The van der Waals surface area contributed by atoms with Gasteiger partial charge in [0, 0.05) is 38.2 Å². The van der Waals surface area contributed by atoms with Gasteiger partial charge in [-0.15, -0.1) is 24.0 Å². The van der Waals surface area contributed by atoms with Crippen molar-refractivity contribution in [2.24, 2.45) is 34.1 Å². The summed E-state index contributed by atoms with van der Waals surface area (Å²) in [5.74, 6) is 1.18. The number of nitrogens with one attached hydrogen (secondary N) is 2. The van der Waals surface area contributed by atoms with E-state index in [4.69, 9.17) is 9.73 Å². The highest BCUT2D eigenvalue weighted by molar-refractivity contribution is 14.0. The molecule has 4 rings (SSSR count). The minimum atomic E-state index is -0.134. The predicted molar refractivity (Wildman–Crippen MR) is 131 cm³/mol. The number of allylic oxidation sites excluding steroid dienone is 2. The molecule has 7 nitrogen and oxygen atoms in total. The van der Waals surface area contributed by atoms with Gasteiger partial charge in [-0.1, -0.05) is 26.0 Å². The van der Waals surface area contributed by atoms with Gasteiger partial charge in [-0.05, 0) is 44.9 Å². The Labute approximate surface area is 202 Å². The number of likely N-dealkylation sites (tertiary alicyclic amines) is 1. The highest BCUT2D eigenvalue weighted by Crippen LogP contribution is 2.53. The van der Waals surface area contributed by atoms with E-state index in [0.717, 1.165) is 25.3 Å². The van der Waals surface area contributed by atoms with Crippen molar-refractivity contribution in [2.45, 2.75) is 58.6 Å². The minimum Gasteiger partial charge on any atom is -0.378 e. The van der Waals surface area contributed by atoms with Gasteiger partial charge in [0.15, 0.2) is 5.96 Å². The number of guanidine groups is 1. The van der Waals surface area contributed by atoms with Gasteiger partial charge in [-0.25, -0.2) is 0 Å². The predicted octanol–water partition coefficient (Wildman–Crippen LogP) is 2.56. The number of imide groups is 1. The van der Waals surface area contributed by atoms with E-state index in [9.17, 15) is 9.59 Å². The number of aliphatic imine (C=N–C) groups is 1. The molecule has 2 amide bonds. The third-order valence-electron chi connectivity index (χ3n) is 8.30. The standard InChI is InChI=1S/C23H36N4O3.HI/c1-6-24-21(26-16-13-23(4,30-5)22(16,2)3)25-10-7-11-27-19(28)17-14-8-9-15(12-14)18(17)20(27)29;/h8-9,14-18H,6-7,10-13H2,1-5H3,(H2,24,25,26);1H. The van der Waals surface area contributed by atoms with Gasteiger partial charge < -0.3 is 15.4 Å². The van der Waals surface area contributed by atoms with Crippen LogP contribution >= 0.6 is 24.0 Å². The Morgan fingerprint density at radius 3 is 2.32 bits per heavy atom. The number of rotatable bonds is 7. The van der Waals surface area contributed by atoms with Crippen LogP contribution in [0.3, 0.4) is 0 Å². The van der Waals surface area contributed by atoms with Crippen molar-refractivity contribution in [3.8, 4) is 0 Å². The van der Waals surface area contributed by atoms with E-state index in [-0.39, 0.29) is 76.5 Å². The van der Waals surface area contributed by atoms with E-state index >= 15 is 0 Å². The molecule has 0 aromatic heterocycles. The van der Waals surface area contributed by atoms with Crippen molar-refractivity contribution in [2.75, 3.05) is 26.7 Å². The minimum absolute atomic E-state index is 0. The van der Waals surface area contributed by atoms with Gasteiger partial charge >= 0.3 is 0 Å². The van der Waals surface area contributed by atoms with Crippen molar-refractivity contribution in [3.63, 3.8) is 0 Å². The summed E-state index contributed by atoms with van der Waals surface area (Å²) in [6.45, 7) is 10.4. The fourth-order valence-corrected chi connectivity index (χ4v) is 5.81. The molecule has 4 aliphatic rings. The number of fused-ring (bicyclic) bond motifs is 5. The molecular weight excluding hydrogens is 507 g/mol. The Balaban J connectivity index is 0.00000272. The lowest BCUT2D eigenvalue weighted by Gasteiger charge is -2.59. The summed E-state index contributed by atoms with van der Waals surface area (Å²) in [5.41, 5.74) is -0.137. The molecule has 3 aliphatic carbocycles. The highest BCUT2D eigenvalue weighted by Gasteiger charge is 2.59. The van der Waals surface area contributed by atoms with Gasteiger partial charge in [-0.3, -0.25) is 19.5 Å². The molecule has 1 heterocycles. The van der Waals surface area contributed by atoms with Gasteiger partial charge in [-0.2, -0.15) is 0 Å². The van der Waals surface area contributed by atoms with E-state index in [1.807, 2.05) is 6.92 Å². The molecule has 1 saturated heterocycles. The molecule has 6 unspecified atom stereocenters. The fourth-order valence-electron chi connectivity index (χ4n) is 5.81. The number of hydrogen-bond acceptors (Lipinski definition) is 4. The number of methoxy groups -OCH3 is 1. The van der Waals surface area contributed by atoms with Crippen LogP contribution in [0.4, 0.5) is 0 Å². The molecule has 0 spiro atoms. The highest BCUT2D eigenvalue weighted by atomic mass is 127. The molecule has 1 aliphatic heterocycles. The smallest absolute Gasteiger partial charge is 0.233 e. The van der Waals surface area contributed by atoms with E-state index in [0.29, 0.717) is 19.5 Å². The number of carbonyl (C=O) groups is 2. The summed E-state index contributed by atoms with van der Waals surface area (Å²) in [4.78, 5) is 31.7. The Morgan fingerprint density at radius 2 is 1.81 bits per heavy atom. The maximum absolute atomic E-state index is 12.8. The van der Waals surface area contributed by atoms with Crippen LogP contribution in [0.15, 0.2) is 17.1 Å². The number of hydrogen-bond donors (Lipinski definition) is 2. The lowest BCUT2D eigenvalue weighted by molar-refractivity contribution is -0.176. The number of carbonyl (C=O) groups excluding carboxylic acids is 2. The van der Waals surface area contributed by atoms with Gasteiger partial charge in [0.2, 0.25) is 11.8 Å². The summed E-state index contributed by atoms with van der Waals surface area (Å²) in [6.07, 6.45) is 6.85. The molecule has 0 aromatic carbocycles. The van der Waals surface area contributed by atoms with E-state index in [1.54, 1.807) is 7.11 Å². The zero-order valence-electron chi connectivity index (χ0n) is 19.3. The van der Waals surface area contributed by atoms with Crippen LogP contribution in [0.25, 0.3) is 0 Å². The van der Waals surface area contributed by atoms with Crippen LogP contribution in [-0.2, 0) is 14.3 Å². The maximum atomic E-state index is 12.8. The van der Waals surface area contributed by atoms with Crippen LogP contribution in [-0.4, -0.2) is 61.1 Å². The summed E-state index contributed by atoms with van der Waals surface area (Å²) in [5, 5.41) is 6.84. The number of nitrogens with zero attached hydrogens (tertiary/aromatic N) is 2. The lowest BCUT2D eigenvalue weighted by Crippen LogP contribution is -2.69. The number of halogens is 1. The maximum Gasteiger partial charge on any atom is 0.233 e. The van der Waals surface area contributed by atoms with Gasteiger partial charge in [0.05, 0.1) is 17.4 Å². The molecule has 8 heteroatoms. The second-order valence-electron chi connectivity index (χ2n) is 10.00. The zero-order chi connectivity index (χ0) is 21.7. The van der Waals surface area contributed by atoms with Crippen LogP contribution in [0, 0.1) is 29.1 Å². The van der Waals surface area contributed by atoms with Gasteiger partial charge in [0.25, 0.3) is 0 Å². The van der Waals surface area contributed by atoms with Crippen molar-refractivity contribution in [3.05, 3.63) is 12.2 Å². The van der Waals surface area contributed by atoms with Crippen LogP contribution in [0.1, 0.15) is 47.0 Å². The first-order chi connectivity index (χ1) is 14.2. The Morgan fingerprint density at radius 1 is 1.19 bits per heavy atom. The van der Waals surface area contributed by atoms with E-state index in [2.05, 4.69) is 43.6 Å². The molecule has 2 bridgehead atoms. The molecule has 2 saturated carbocycles. The molecule has 0 aromatic rings. The summed E-state index contributed by atoms with van der Waals surface area (Å²) >= 11 is 0.